The summed E-state index contributed by atoms with van der Waals surface area (Å²) in [4.78, 5) is 14.0. The Labute approximate surface area is 211 Å². The molecule has 5 rings (SSSR count). The molecule has 0 aliphatic carbocycles. The summed E-state index contributed by atoms with van der Waals surface area (Å²) >= 11 is 1.87. The summed E-state index contributed by atoms with van der Waals surface area (Å²) in [5, 5.41) is 3.32. The molecule has 0 spiro atoms. The number of anilines is 2. The molecule has 34 heavy (non-hydrogen) atoms. The Morgan fingerprint density at radius 3 is 2.71 bits per heavy atom. The molecule has 2 aromatic carbocycles. The number of fused-ring (bicyclic) bond motifs is 1. The van der Waals surface area contributed by atoms with Gasteiger partial charge in [-0.15, -0.1) is 0 Å². The second-order valence-electron chi connectivity index (χ2n) is 8.54. The van der Waals surface area contributed by atoms with Gasteiger partial charge in [0, 0.05) is 50.4 Å². The fraction of sp³-hybridized carbons (Fsp3) is 0.360. The third-order valence-corrected chi connectivity index (χ3v) is 7.34. The third-order valence-electron chi connectivity index (χ3n) is 6.17. The molecule has 9 heteroatoms. The number of hydrogen-bond acceptors (Lipinski definition) is 6. The van der Waals surface area contributed by atoms with Gasteiger partial charge in [-0.3, -0.25) is 4.90 Å². The maximum atomic E-state index is 14.6. The molecular formula is C25H26F2IN5O. The zero-order valence-electron chi connectivity index (χ0n) is 18.7. The zero-order valence-corrected chi connectivity index (χ0v) is 20.9. The predicted molar refractivity (Wildman–Crippen MR) is 137 cm³/mol. The Morgan fingerprint density at radius 1 is 1.03 bits per heavy atom. The summed E-state index contributed by atoms with van der Waals surface area (Å²) in [6.07, 6.45) is 2.62. The minimum atomic E-state index is -0.415. The largest absolute Gasteiger partial charge is 0.379 e. The first-order valence-electron chi connectivity index (χ1n) is 11.5. The van der Waals surface area contributed by atoms with Gasteiger partial charge in [-0.2, -0.15) is 0 Å². The molecule has 1 fully saturated rings. The van der Waals surface area contributed by atoms with Crippen molar-refractivity contribution in [2.45, 2.75) is 19.5 Å². The molecule has 3 heterocycles. The van der Waals surface area contributed by atoms with Crippen molar-refractivity contribution in [1.29, 1.82) is 0 Å². The van der Waals surface area contributed by atoms with Crippen molar-refractivity contribution >= 4 is 34.2 Å². The lowest BCUT2D eigenvalue weighted by molar-refractivity contribution is 0.0342. The van der Waals surface area contributed by atoms with Crippen LogP contribution in [0.3, 0.4) is 0 Å². The van der Waals surface area contributed by atoms with Gasteiger partial charge in [0.15, 0.2) is 11.6 Å². The molecule has 0 saturated carbocycles. The van der Waals surface area contributed by atoms with Crippen LogP contribution >= 0.6 is 22.6 Å². The van der Waals surface area contributed by atoms with Gasteiger partial charge in [-0.25, -0.2) is 18.7 Å². The molecule has 3 aromatic rings. The number of rotatable bonds is 5. The van der Waals surface area contributed by atoms with E-state index in [9.17, 15) is 8.78 Å². The van der Waals surface area contributed by atoms with E-state index in [1.54, 1.807) is 6.20 Å². The fourth-order valence-corrected chi connectivity index (χ4v) is 4.96. The Bertz CT molecular complexity index is 1170. The van der Waals surface area contributed by atoms with Gasteiger partial charge in [-0.1, -0.05) is 18.2 Å². The van der Waals surface area contributed by atoms with Crippen LogP contribution in [0.25, 0.3) is 11.3 Å². The van der Waals surface area contributed by atoms with Gasteiger partial charge in [-0.05, 0) is 52.8 Å². The molecule has 1 saturated heterocycles. The topological polar surface area (TPSA) is 53.5 Å². The lowest BCUT2D eigenvalue weighted by Crippen LogP contribution is -2.35. The number of nitrogens with one attached hydrogen (secondary N) is 1. The average molecular weight is 577 g/mol. The van der Waals surface area contributed by atoms with Crippen molar-refractivity contribution in [3.8, 4) is 11.3 Å². The Hall–Kier alpha value is -2.37. The molecule has 6 nitrogen and oxygen atoms in total. The van der Waals surface area contributed by atoms with E-state index >= 15 is 0 Å². The Balaban J connectivity index is 1.44. The number of halogens is 3. The molecule has 2 aliphatic rings. The highest BCUT2D eigenvalue weighted by molar-refractivity contribution is 14.1. The van der Waals surface area contributed by atoms with E-state index in [2.05, 4.69) is 27.3 Å². The molecule has 0 amide bonds. The summed E-state index contributed by atoms with van der Waals surface area (Å²) in [7, 11) is 0. The van der Waals surface area contributed by atoms with Crippen LogP contribution in [-0.4, -0.2) is 54.3 Å². The maximum absolute atomic E-state index is 14.6. The highest BCUT2D eigenvalue weighted by atomic mass is 127. The van der Waals surface area contributed by atoms with Crippen molar-refractivity contribution < 1.29 is 13.5 Å². The second kappa shape index (κ2) is 10.5. The van der Waals surface area contributed by atoms with Crippen LogP contribution in [0, 0.1) is 15.2 Å². The number of benzene rings is 2. The van der Waals surface area contributed by atoms with E-state index in [-0.39, 0.29) is 6.54 Å². The lowest BCUT2D eigenvalue weighted by atomic mass is 10.1. The monoisotopic (exact) mass is 577 g/mol. The van der Waals surface area contributed by atoms with Crippen molar-refractivity contribution in [3.63, 3.8) is 0 Å². The molecule has 1 N–H and O–H groups in total. The van der Waals surface area contributed by atoms with Crippen LogP contribution in [0.15, 0.2) is 42.6 Å². The first-order valence-corrected chi connectivity index (χ1v) is 12.5. The quantitative estimate of drug-likeness (QED) is 0.351. The summed E-state index contributed by atoms with van der Waals surface area (Å²) in [5.74, 6) is 0.497. The summed E-state index contributed by atoms with van der Waals surface area (Å²) in [6.45, 7) is 5.90. The van der Waals surface area contributed by atoms with E-state index in [1.165, 1.54) is 17.7 Å². The van der Waals surface area contributed by atoms with Gasteiger partial charge in [0.05, 0.1) is 28.7 Å². The molecule has 1 aromatic heterocycles. The smallest absolute Gasteiger partial charge is 0.172 e. The Morgan fingerprint density at radius 2 is 1.85 bits per heavy atom. The highest BCUT2D eigenvalue weighted by Gasteiger charge is 2.22. The molecule has 178 valence electrons. The van der Waals surface area contributed by atoms with Gasteiger partial charge >= 0.3 is 0 Å². The number of morpholine rings is 1. The van der Waals surface area contributed by atoms with Crippen molar-refractivity contribution in [2.75, 3.05) is 49.6 Å². The standard InChI is InChI=1S/C25H26F2IN5O/c26-20-5-6-21(27)23(28)19(20)16-33-8-2-7-29-24-25(33)31-22(14-30-24)18-4-1-3-17(13-18)15-32-9-11-34-12-10-32/h1,3-6,13-14H,2,7-12,15-16H2,(H,29,30). The highest BCUT2D eigenvalue weighted by Crippen LogP contribution is 2.31. The van der Waals surface area contributed by atoms with Crippen LogP contribution in [-0.2, 0) is 17.8 Å². The zero-order chi connectivity index (χ0) is 23.5. The van der Waals surface area contributed by atoms with Crippen LogP contribution in [0.4, 0.5) is 20.4 Å². The molecule has 0 radical (unpaired) electrons. The minimum absolute atomic E-state index is 0.228. The SMILES string of the molecule is Fc1ccc(F)c(CN2CCCNc3ncc(-c4cccc(CN5CCOCC5)c4)nc32)c1I. The summed E-state index contributed by atoms with van der Waals surface area (Å²) < 4.78 is 34.5. The lowest BCUT2D eigenvalue weighted by Gasteiger charge is -2.26. The van der Waals surface area contributed by atoms with E-state index in [0.29, 0.717) is 27.3 Å². The Kier molecular flexibility index (Phi) is 7.21. The first-order chi connectivity index (χ1) is 16.6. The van der Waals surface area contributed by atoms with Crippen molar-refractivity contribution in [1.82, 2.24) is 14.9 Å². The van der Waals surface area contributed by atoms with Crippen molar-refractivity contribution in [3.05, 3.63) is 68.9 Å². The normalized spacial score (nSPS) is 16.6. The number of ether oxygens (including phenoxy) is 1. The summed E-state index contributed by atoms with van der Waals surface area (Å²) in [5.41, 5.74) is 3.29. The third kappa shape index (κ3) is 5.16. The van der Waals surface area contributed by atoms with Gasteiger partial charge in [0.2, 0.25) is 0 Å². The van der Waals surface area contributed by atoms with Gasteiger partial charge in [0.25, 0.3) is 0 Å². The van der Waals surface area contributed by atoms with Gasteiger partial charge in [0.1, 0.15) is 11.6 Å². The molecule has 0 atom stereocenters. The average Bonchev–Trinajstić information content (AvgIpc) is 3.06. The minimum Gasteiger partial charge on any atom is -0.379 e. The van der Waals surface area contributed by atoms with Crippen LogP contribution in [0.2, 0.25) is 0 Å². The first kappa shape index (κ1) is 23.4. The van der Waals surface area contributed by atoms with Crippen LogP contribution in [0.5, 0.6) is 0 Å². The van der Waals surface area contributed by atoms with E-state index in [0.717, 1.165) is 57.1 Å². The number of aromatic nitrogens is 2. The van der Waals surface area contributed by atoms with E-state index in [1.807, 2.05) is 39.6 Å². The maximum Gasteiger partial charge on any atom is 0.172 e. The summed E-state index contributed by atoms with van der Waals surface area (Å²) in [6, 6.07) is 10.7. The number of nitrogens with zero attached hydrogens (tertiary/aromatic N) is 4. The van der Waals surface area contributed by atoms with Gasteiger partial charge < -0.3 is 15.0 Å². The molecule has 2 aliphatic heterocycles. The van der Waals surface area contributed by atoms with Crippen molar-refractivity contribution in [2.24, 2.45) is 0 Å². The van der Waals surface area contributed by atoms with Crippen LogP contribution in [0.1, 0.15) is 17.5 Å². The van der Waals surface area contributed by atoms with E-state index in [4.69, 9.17) is 9.72 Å². The fourth-order valence-electron chi connectivity index (χ4n) is 4.35. The molecule has 0 unspecified atom stereocenters. The van der Waals surface area contributed by atoms with E-state index < -0.39 is 11.6 Å². The predicted octanol–water partition coefficient (Wildman–Crippen LogP) is 4.68. The molecule has 0 bridgehead atoms. The van der Waals surface area contributed by atoms with Crippen LogP contribution < -0.4 is 10.2 Å². The molecular weight excluding hydrogens is 551 g/mol. The second-order valence-corrected chi connectivity index (χ2v) is 9.62. The number of hydrogen-bond donors (Lipinski definition) is 1.